The third-order valence-corrected chi connectivity index (χ3v) is 9.62. The maximum atomic E-state index is 14.1. The second kappa shape index (κ2) is 23.4. The average molecular weight is 808 g/mol. The summed E-state index contributed by atoms with van der Waals surface area (Å²) in [6.45, 7) is 7.61. The summed E-state index contributed by atoms with van der Waals surface area (Å²) in [5, 5.41) is 21.5. The van der Waals surface area contributed by atoms with Gasteiger partial charge in [0.05, 0.1) is 18.6 Å². The lowest BCUT2D eigenvalue weighted by Gasteiger charge is -2.29. The highest BCUT2D eigenvalue weighted by Gasteiger charge is 2.32. The summed E-state index contributed by atoms with van der Waals surface area (Å²) in [4.78, 5) is 78.6. The van der Waals surface area contributed by atoms with Gasteiger partial charge in [0.25, 0.3) is 0 Å². The van der Waals surface area contributed by atoms with Gasteiger partial charge >= 0.3 is 6.09 Å². The molecule has 4 atom stereocenters. The molecule has 0 radical (unpaired) electrons. The number of alkyl carbamates (subject to hydrolysis) is 1. The molecule has 0 aromatic heterocycles. The fraction of sp³-hybridized carbons (Fsp3) is 0.391. The molecule has 0 spiro atoms. The van der Waals surface area contributed by atoms with E-state index < -0.39 is 60.4 Å². The average Bonchev–Trinajstić information content (AvgIpc) is 3.21. The first-order chi connectivity index (χ1) is 28.3. The van der Waals surface area contributed by atoms with Crippen LogP contribution in [0.3, 0.4) is 0 Å². The van der Waals surface area contributed by atoms with Crippen LogP contribution in [0.2, 0.25) is 0 Å². The molecule has 0 aliphatic carbocycles. The minimum absolute atomic E-state index is 0.00356. The largest absolute Gasteiger partial charge is 0.445 e. The molecule has 0 bridgehead atoms. The number of Topliss-reactive ketones (excluding diaryl/α,β-unsaturated/α-hetero) is 1. The summed E-state index contributed by atoms with van der Waals surface area (Å²) in [6.07, 6.45) is -1.46. The first-order valence-electron chi connectivity index (χ1n) is 20.2. The lowest BCUT2D eigenvalue weighted by atomic mass is 9.95. The molecule has 5 amide bonds. The minimum atomic E-state index is -1.34. The van der Waals surface area contributed by atoms with Gasteiger partial charge in [0.1, 0.15) is 18.7 Å². The molecule has 59 heavy (non-hydrogen) atoms. The van der Waals surface area contributed by atoms with Crippen LogP contribution in [0.25, 0.3) is 10.8 Å². The number of hydrazine groups is 1. The van der Waals surface area contributed by atoms with E-state index in [1.54, 1.807) is 24.3 Å². The standard InChI is InChI=1S/C46H57N5O8/c1-30(2)25-37(41(53)28-43(55)51-50-42(54)24-14-23-40(52)34-18-9-6-10-19-34)47-44(56)38(26-31(3)4)48-45(57)39(49-46(58)59-29-32-15-7-5-8-16-32)27-35-21-13-20-33-17-11-12-22-36(33)35/h5-13,15-22,30-31,37-39,41,53H,14,23-29H2,1-4H3,(H,47,56)(H,48,57)(H,49,58)(H,50,54)(H,51,55)/t37-,38-,39-,41-/m0/s1. The van der Waals surface area contributed by atoms with E-state index >= 15 is 0 Å². The van der Waals surface area contributed by atoms with E-state index in [2.05, 4.69) is 26.8 Å². The van der Waals surface area contributed by atoms with Crippen molar-refractivity contribution in [1.29, 1.82) is 0 Å². The van der Waals surface area contributed by atoms with Gasteiger partial charge in [0.2, 0.25) is 23.6 Å². The summed E-state index contributed by atoms with van der Waals surface area (Å²) < 4.78 is 5.46. The van der Waals surface area contributed by atoms with Gasteiger partial charge in [-0.1, -0.05) is 131 Å². The zero-order valence-electron chi connectivity index (χ0n) is 34.2. The second-order valence-corrected chi connectivity index (χ2v) is 15.5. The Kier molecular flexibility index (Phi) is 18.1. The van der Waals surface area contributed by atoms with Crippen molar-refractivity contribution in [2.24, 2.45) is 11.8 Å². The Morgan fingerprint density at radius 3 is 1.93 bits per heavy atom. The number of benzene rings is 4. The highest BCUT2D eigenvalue weighted by molar-refractivity contribution is 5.96. The highest BCUT2D eigenvalue weighted by atomic mass is 16.5. The molecule has 314 valence electrons. The molecule has 6 N–H and O–H groups in total. The zero-order valence-corrected chi connectivity index (χ0v) is 34.2. The van der Waals surface area contributed by atoms with Crippen LogP contribution in [-0.4, -0.2) is 64.8 Å². The van der Waals surface area contributed by atoms with Gasteiger partial charge in [-0.15, -0.1) is 0 Å². The Balaban J connectivity index is 1.39. The van der Waals surface area contributed by atoms with Gasteiger partial charge in [-0.05, 0) is 53.0 Å². The molecule has 0 saturated heterocycles. The van der Waals surface area contributed by atoms with Gasteiger partial charge in [-0.3, -0.25) is 34.8 Å². The molecule has 0 aliphatic heterocycles. The third-order valence-electron chi connectivity index (χ3n) is 9.62. The number of fused-ring (bicyclic) bond motifs is 1. The normalized spacial score (nSPS) is 13.1. The van der Waals surface area contributed by atoms with Crippen molar-refractivity contribution < 1.29 is 38.6 Å². The maximum absolute atomic E-state index is 14.1. The molecule has 0 saturated carbocycles. The molecule has 4 rings (SSSR count). The summed E-state index contributed by atoms with van der Waals surface area (Å²) >= 11 is 0. The number of ether oxygens (including phenoxy) is 1. The number of carbonyl (C=O) groups excluding carboxylic acids is 6. The molecule has 13 nitrogen and oxygen atoms in total. The second-order valence-electron chi connectivity index (χ2n) is 15.5. The number of rotatable bonds is 21. The molecule has 0 unspecified atom stereocenters. The first kappa shape index (κ1) is 45.6. The number of carbonyl (C=O) groups is 6. The smallest absolute Gasteiger partial charge is 0.408 e. The van der Waals surface area contributed by atoms with Crippen molar-refractivity contribution in [2.75, 3.05) is 0 Å². The zero-order chi connectivity index (χ0) is 42.7. The number of aliphatic hydroxyl groups is 1. The number of hydrogen-bond donors (Lipinski definition) is 6. The molecular weight excluding hydrogens is 751 g/mol. The summed E-state index contributed by atoms with van der Waals surface area (Å²) in [5.74, 6) is -2.46. The number of aliphatic hydroxyl groups excluding tert-OH is 1. The summed E-state index contributed by atoms with van der Waals surface area (Å²) in [7, 11) is 0. The van der Waals surface area contributed by atoms with E-state index in [0.717, 1.165) is 21.9 Å². The fourth-order valence-corrected chi connectivity index (χ4v) is 6.65. The SMILES string of the molecule is CC(C)C[C@H](NC(=O)[C@H](Cc1cccc2ccccc12)NC(=O)OCc1ccccc1)C(=O)N[C@@H](CC(C)C)[C@@H](O)CC(=O)NNC(=O)CCCC(=O)c1ccccc1. The number of nitrogens with one attached hydrogen (secondary N) is 5. The molecule has 0 heterocycles. The Hall–Kier alpha value is -6.08. The Labute approximate surface area is 346 Å². The van der Waals surface area contributed by atoms with Crippen LogP contribution < -0.4 is 26.8 Å². The van der Waals surface area contributed by atoms with Crippen molar-refractivity contribution in [3.63, 3.8) is 0 Å². The number of amides is 5. The van der Waals surface area contributed by atoms with Crippen LogP contribution in [0.4, 0.5) is 4.79 Å². The van der Waals surface area contributed by atoms with Crippen molar-refractivity contribution >= 4 is 46.3 Å². The lowest BCUT2D eigenvalue weighted by Crippen LogP contribution is -2.57. The van der Waals surface area contributed by atoms with Crippen LogP contribution in [0.15, 0.2) is 103 Å². The Morgan fingerprint density at radius 2 is 1.24 bits per heavy atom. The van der Waals surface area contributed by atoms with Crippen molar-refractivity contribution in [3.8, 4) is 0 Å². The van der Waals surface area contributed by atoms with Gasteiger partial charge < -0.3 is 25.8 Å². The molecule has 0 aliphatic rings. The maximum Gasteiger partial charge on any atom is 0.408 e. The van der Waals surface area contributed by atoms with Crippen molar-refractivity contribution in [2.45, 2.75) is 103 Å². The molecule has 13 heteroatoms. The monoisotopic (exact) mass is 807 g/mol. The Bertz CT molecular complexity index is 2000. The van der Waals surface area contributed by atoms with Gasteiger partial charge in [0, 0.05) is 24.8 Å². The molecular formula is C46H57N5O8. The predicted molar refractivity (Wildman–Crippen MR) is 226 cm³/mol. The van der Waals surface area contributed by atoms with Crippen LogP contribution in [0.5, 0.6) is 0 Å². The van der Waals surface area contributed by atoms with E-state index in [1.807, 2.05) is 107 Å². The summed E-state index contributed by atoms with van der Waals surface area (Å²) in [5.41, 5.74) is 6.76. The van der Waals surface area contributed by atoms with Gasteiger partial charge in [-0.25, -0.2) is 4.79 Å². The quantitative estimate of drug-likeness (QED) is 0.0457. The predicted octanol–water partition coefficient (Wildman–Crippen LogP) is 5.69. The minimum Gasteiger partial charge on any atom is -0.445 e. The topological polar surface area (TPSA) is 192 Å². The van der Waals surface area contributed by atoms with Crippen molar-refractivity contribution in [3.05, 3.63) is 120 Å². The number of ketones is 1. The van der Waals surface area contributed by atoms with Gasteiger partial charge in [0.15, 0.2) is 5.78 Å². The number of hydrogen-bond acceptors (Lipinski definition) is 8. The first-order valence-corrected chi connectivity index (χ1v) is 20.2. The van der Waals surface area contributed by atoms with E-state index in [1.165, 1.54) is 0 Å². The van der Waals surface area contributed by atoms with E-state index in [0.29, 0.717) is 12.0 Å². The van der Waals surface area contributed by atoms with Crippen molar-refractivity contribution in [1.82, 2.24) is 26.8 Å². The third kappa shape index (κ3) is 15.7. The Morgan fingerprint density at radius 1 is 0.627 bits per heavy atom. The lowest BCUT2D eigenvalue weighted by molar-refractivity contribution is -0.132. The fourth-order valence-electron chi connectivity index (χ4n) is 6.65. The van der Waals surface area contributed by atoms with Crippen LogP contribution in [-0.2, 0) is 36.9 Å². The van der Waals surface area contributed by atoms with E-state index in [4.69, 9.17) is 4.74 Å². The summed E-state index contributed by atoms with van der Waals surface area (Å²) in [6, 6.07) is 28.3. The van der Waals surface area contributed by atoms with E-state index in [9.17, 15) is 33.9 Å². The highest BCUT2D eigenvalue weighted by Crippen LogP contribution is 2.21. The molecule has 0 fully saturated rings. The molecule has 4 aromatic carbocycles. The van der Waals surface area contributed by atoms with Gasteiger partial charge in [-0.2, -0.15) is 0 Å². The van der Waals surface area contributed by atoms with Crippen LogP contribution in [0, 0.1) is 11.8 Å². The van der Waals surface area contributed by atoms with E-state index in [-0.39, 0.29) is 56.3 Å². The van der Waals surface area contributed by atoms with Crippen LogP contribution >= 0.6 is 0 Å². The van der Waals surface area contributed by atoms with Crippen LogP contribution in [0.1, 0.15) is 87.7 Å². The molecule has 4 aromatic rings.